The highest BCUT2D eigenvalue weighted by Crippen LogP contribution is 2.33. The average Bonchev–Trinajstić information content (AvgIpc) is 3.20. The van der Waals surface area contributed by atoms with E-state index in [1.807, 2.05) is 12.1 Å². The Kier molecular flexibility index (Phi) is 5.42. The molecule has 0 bridgehead atoms. The quantitative estimate of drug-likeness (QED) is 0.412. The minimum absolute atomic E-state index is 0.0281. The number of rotatable bonds is 5. The van der Waals surface area contributed by atoms with Gasteiger partial charge in [0.25, 0.3) is 5.91 Å². The van der Waals surface area contributed by atoms with Gasteiger partial charge in [0.15, 0.2) is 10.9 Å². The Bertz CT molecular complexity index is 1230. The smallest absolute Gasteiger partial charge is 0.260 e. The van der Waals surface area contributed by atoms with Crippen molar-refractivity contribution in [3.63, 3.8) is 0 Å². The van der Waals surface area contributed by atoms with Gasteiger partial charge in [-0.3, -0.25) is 19.5 Å². The molecular weight excluding hydrogens is 394 g/mol. The van der Waals surface area contributed by atoms with Crippen LogP contribution in [0.3, 0.4) is 0 Å². The van der Waals surface area contributed by atoms with E-state index in [2.05, 4.69) is 31.0 Å². The minimum Gasteiger partial charge on any atom is -0.295 e. The summed E-state index contributed by atoms with van der Waals surface area (Å²) in [6.45, 7) is 6.01. The summed E-state index contributed by atoms with van der Waals surface area (Å²) in [5.74, 6) is -0.185. The molecule has 4 rings (SSSR count). The van der Waals surface area contributed by atoms with E-state index in [0.717, 1.165) is 21.3 Å². The maximum Gasteiger partial charge on any atom is 0.260 e. The van der Waals surface area contributed by atoms with Gasteiger partial charge >= 0.3 is 0 Å². The van der Waals surface area contributed by atoms with E-state index < -0.39 is 0 Å². The fraction of sp³-hybridized carbons (Fsp3) is 0.167. The second-order valence-electron chi connectivity index (χ2n) is 7.23. The second-order valence-corrected chi connectivity index (χ2v) is 8.24. The third-order valence-electron chi connectivity index (χ3n) is 5.18. The molecule has 150 valence electrons. The molecule has 2 aromatic carbocycles. The van der Waals surface area contributed by atoms with Crippen molar-refractivity contribution in [1.82, 2.24) is 9.97 Å². The van der Waals surface area contributed by atoms with Gasteiger partial charge in [-0.1, -0.05) is 29.5 Å². The number of aromatic nitrogens is 2. The SMILES string of the molecule is CC(=O)c1ccc(C(=O)N(Cc2ccncc2)c2nc3c(C)c(C)ccc3s2)cc1. The van der Waals surface area contributed by atoms with E-state index in [9.17, 15) is 9.59 Å². The molecule has 0 unspecified atom stereocenters. The number of anilines is 1. The predicted octanol–water partition coefficient (Wildman–Crippen LogP) is 5.36. The van der Waals surface area contributed by atoms with E-state index in [1.54, 1.807) is 41.6 Å². The summed E-state index contributed by atoms with van der Waals surface area (Å²) >= 11 is 1.50. The molecule has 0 saturated heterocycles. The number of aryl methyl sites for hydroxylation is 2. The Balaban J connectivity index is 1.77. The van der Waals surface area contributed by atoms with Crippen molar-refractivity contribution in [2.45, 2.75) is 27.3 Å². The molecule has 0 radical (unpaired) electrons. The molecule has 0 fully saturated rings. The molecule has 1 amide bonds. The van der Waals surface area contributed by atoms with Crippen LogP contribution >= 0.6 is 11.3 Å². The van der Waals surface area contributed by atoms with Crippen LogP contribution in [0, 0.1) is 13.8 Å². The Morgan fingerprint density at radius 1 is 0.933 bits per heavy atom. The van der Waals surface area contributed by atoms with Gasteiger partial charge in [-0.15, -0.1) is 0 Å². The number of carbonyl (C=O) groups is 2. The second kappa shape index (κ2) is 8.16. The number of benzene rings is 2. The van der Waals surface area contributed by atoms with Crippen LogP contribution in [0.4, 0.5) is 5.13 Å². The van der Waals surface area contributed by atoms with Crippen LogP contribution in [0.1, 0.15) is 44.3 Å². The maximum absolute atomic E-state index is 13.5. The van der Waals surface area contributed by atoms with E-state index in [-0.39, 0.29) is 11.7 Å². The molecule has 6 heteroatoms. The number of hydrogen-bond donors (Lipinski definition) is 0. The summed E-state index contributed by atoms with van der Waals surface area (Å²) in [4.78, 5) is 35.6. The highest BCUT2D eigenvalue weighted by atomic mass is 32.1. The molecule has 0 N–H and O–H groups in total. The van der Waals surface area contributed by atoms with Crippen molar-refractivity contribution in [3.05, 3.63) is 88.7 Å². The third kappa shape index (κ3) is 3.86. The Hall–Kier alpha value is -3.38. The lowest BCUT2D eigenvalue weighted by molar-refractivity contribution is 0.0981. The van der Waals surface area contributed by atoms with E-state index in [1.165, 1.54) is 23.8 Å². The predicted molar refractivity (Wildman–Crippen MR) is 120 cm³/mol. The molecule has 0 aliphatic carbocycles. The molecule has 0 aliphatic rings. The summed E-state index contributed by atoms with van der Waals surface area (Å²) < 4.78 is 1.05. The zero-order valence-corrected chi connectivity index (χ0v) is 17.9. The Morgan fingerprint density at radius 2 is 1.60 bits per heavy atom. The van der Waals surface area contributed by atoms with Gasteiger partial charge < -0.3 is 0 Å². The molecule has 0 aliphatic heterocycles. The first-order valence-corrected chi connectivity index (χ1v) is 10.4. The van der Waals surface area contributed by atoms with Crippen molar-refractivity contribution >= 4 is 38.4 Å². The molecule has 2 aromatic heterocycles. The number of ketones is 1. The van der Waals surface area contributed by atoms with Crippen LogP contribution in [0.2, 0.25) is 0 Å². The van der Waals surface area contributed by atoms with Gasteiger partial charge in [0, 0.05) is 23.5 Å². The first-order valence-electron chi connectivity index (χ1n) is 9.62. The summed E-state index contributed by atoms with van der Waals surface area (Å²) in [6, 6.07) is 14.7. The van der Waals surface area contributed by atoms with Gasteiger partial charge in [0.05, 0.1) is 16.8 Å². The topological polar surface area (TPSA) is 63.2 Å². The highest BCUT2D eigenvalue weighted by molar-refractivity contribution is 7.22. The number of Topliss-reactive ketones (excluding diaryl/α,β-unsaturated/α-hetero) is 1. The van der Waals surface area contributed by atoms with Crippen molar-refractivity contribution in [2.75, 3.05) is 4.90 Å². The van der Waals surface area contributed by atoms with Crippen LogP contribution in [-0.2, 0) is 6.54 Å². The number of nitrogens with zero attached hydrogens (tertiary/aromatic N) is 3. The zero-order valence-electron chi connectivity index (χ0n) is 17.0. The van der Waals surface area contributed by atoms with E-state index in [0.29, 0.717) is 22.8 Å². The van der Waals surface area contributed by atoms with Crippen molar-refractivity contribution in [3.8, 4) is 0 Å². The average molecular weight is 416 g/mol. The van der Waals surface area contributed by atoms with Gasteiger partial charge in [-0.25, -0.2) is 4.98 Å². The Morgan fingerprint density at radius 3 is 2.27 bits per heavy atom. The van der Waals surface area contributed by atoms with E-state index >= 15 is 0 Å². The zero-order chi connectivity index (χ0) is 21.3. The van der Waals surface area contributed by atoms with Crippen molar-refractivity contribution in [2.24, 2.45) is 0 Å². The van der Waals surface area contributed by atoms with Gasteiger partial charge in [-0.2, -0.15) is 0 Å². The molecule has 4 aromatic rings. The fourth-order valence-electron chi connectivity index (χ4n) is 3.23. The van der Waals surface area contributed by atoms with Crippen LogP contribution in [-0.4, -0.2) is 21.7 Å². The number of thiazole rings is 1. The molecule has 0 spiro atoms. The number of amides is 1. The molecule has 5 nitrogen and oxygen atoms in total. The summed E-state index contributed by atoms with van der Waals surface area (Å²) in [5.41, 5.74) is 5.28. The fourth-order valence-corrected chi connectivity index (χ4v) is 4.25. The number of carbonyl (C=O) groups excluding carboxylic acids is 2. The molecule has 0 atom stereocenters. The number of hydrogen-bond acceptors (Lipinski definition) is 5. The first-order chi connectivity index (χ1) is 14.4. The summed E-state index contributed by atoms with van der Waals surface area (Å²) in [7, 11) is 0. The molecule has 2 heterocycles. The minimum atomic E-state index is -0.157. The van der Waals surface area contributed by atoms with Crippen LogP contribution in [0.15, 0.2) is 60.9 Å². The van der Waals surface area contributed by atoms with E-state index in [4.69, 9.17) is 4.98 Å². The third-order valence-corrected chi connectivity index (χ3v) is 6.22. The highest BCUT2D eigenvalue weighted by Gasteiger charge is 2.22. The maximum atomic E-state index is 13.5. The lowest BCUT2D eigenvalue weighted by Gasteiger charge is -2.20. The lowest BCUT2D eigenvalue weighted by Crippen LogP contribution is -2.30. The molecule has 0 saturated carbocycles. The number of fused-ring (bicyclic) bond motifs is 1. The van der Waals surface area contributed by atoms with Gasteiger partial charge in [-0.05, 0) is 67.8 Å². The van der Waals surface area contributed by atoms with Crippen LogP contribution in [0.25, 0.3) is 10.2 Å². The first kappa shape index (κ1) is 19.9. The van der Waals surface area contributed by atoms with Crippen LogP contribution < -0.4 is 4.90 Å². The molecular formula is C24H21N3O2S. The van der Waals surface area contributed by atoms with Crippen molar-refractivity contribution < 1.29 is 9.59 Å². The standard InChI is InChI=1S/C24H21N3O2S/c1-15-4-9-21-22(16(15)2)26-24(30-21)27(14-18-10-12-25-13-11-18)23(29)20-7-5-19(6-8-20)17(3)28/h4-13H,14H2,1-3H3. The molecule has 30 heavy (non-hydrogen) atoms. The number of pyridine rings is 1. The lowest BCUT2D eigenvalue weighted by atomic mass is 10.1. The Labute approximate surface area is 179 Å². The largest absolute Gasteiger partial charge is 0.295 e. The summed E-state index contributed by atoms with van der Waals surface area (Å²) in [6.07, 6.45) is 3.43. The van der Waals surface area contributed by atoms with Crippen molar-refractivity contribution in [1.29, 1.82) is 0 Å². The van der Waals surface area contributed by atoms with Crippen LogP contribution in [0.5, 0.6) is 0 Å². The normalized spacial score (nSPS) is 10.9. The van der Waals surface area contributed by atoms with Gasteiger partial charge in [0.2, 0.25) is 0 Å². The van der Waals surface area contributed by atoms with Gasteiger partial charge in [0.1, 0.15) is 0 Å². The monoisotopic (exact) mass is 415 g/mol. The summed E-state index contributed by atoms with van der Waals surface area (Å²) in [5, 5.41) is 0.649.